The van der Waals surface area contributed by atoms with Crippen molar-refractivity contribution in [2.75, 3.05) is 31.5 Å². The first kappa shape index (κ1) is 30.2. The molecular weight excluding hydrogens is 489 g/mol. The third-order valence-electron chi connectivity index (χ3n) is 6.62. The molecule has 0 aliphatic rings. The molecule has 4 nitrogen and oxygen atoms in total. The largest absolute Gasteiger partial charge is 0.322 e. The normalized spacial score (nSPS) is 12.6. The van der Waals surface area contributed by atoms with Crippen LogP contribution in [0.15, 0.2) is 54.1 Å². The molecule has 0 fully saturated rings. The zero-order valence-corrected chi connectivity index (χ0v) is 23.9. The van der Waals surface area contributed by atoms with Crippen molar-refractivity contribution in [2.24, 2.45) is 0 Å². The van der Waals surface area contributed by atoms with Crippen LogP contribution in [0.1, 0.15) is 71.8 Å². The van der Waals surface area contributed by atoms with E-state index in [1.54, 1.807) is 18.2 Å². The molecule has 0 radical (unpaired) electrons. The number of anilines is 1. The summed E-state index contributed by atoms with van der Waals surface area (Å²) in [5.74, 6) is 0. The molecule has 2 aromatic rings. The third-order valence-corrected chi connectivity index (χ3v) is 7.44. The molecule has 2 rings (SSSR count). The van der Waals surface area contributed by atoms with Gasteiger partial charge in [0.2, 0.25) is 0 Å². The fraction of sp³-hybridized carbons (Fsp3) is 0.500. The van der Waals surface area contributed by atoms with Crippen LogP contribution in [-0.4, -0.2) is 48.1 Å². The Bertz CT molecular complexity index is 944. The van der Waals surface area contributed by atoms with Crippen LogP contribution < -0.4 is 5.32 Å². The van der Waals surface area contributed by atoms with Gasteiger partial charge in [-0.1, -0.05) is 105 Å². The predicted molar refractivity (Wildman–Crippen MR) is 157 cm³/mol. The minimum Gasteiger partial charge on any atom is -0.318 e. The number of hydrogen-bond acceptors (Lipinski definition) is 2. The number of rotatable bonds is 15. The molecule has 0 bridgehead atoms. The van der Waals surface area contributed by atoms with Crippen molar-refractivity contribution in [3.63, 3.8) is 0 Å². The maximum Gasteiger partial charge on any atom is 0.322 e. The topological polar surface area (TPSA) is 35.6 Å². The minimum absolute atomic E-state index is 0.0730. The second-order valence-corrected chi connectivity index (χ2v) is 10.1. The molecule has 1 N–H and O–H groups in total. The first-order chi connectivity index (χ1) is 17.4. The first-order valence-corrected chi connectivity index (χ1v) is 14.1. The van der Waals surface area contributed by atoms with E-state index in [0.29, 0.717) is 22.3 Å². The van der Waals surface area contributed by atoms with Crippen LogP contribution in [0.3, 0.4) is 0 Å². The number of halogens is 2. The van der Waals surface area contributed by atoms with Gasteiger partial charge >= 0.3 is 6.03 Å². The van der Waals surface area contributed by atoms with Gasteiger partial charge in [0.1, 0.15) is 0 Å². The predicted octanol–water partition coefficient (Wildman–Crippen LogP) is 9.00. The number of urea groups is 1. The number of benzene rings is 2. The number of hydrogen-bond donors (Lipinski definition) is 1. The van der Waals surface area contributed by atoms with Crippen molar-refractivity contribution in [3.05, 3.63) is 69.7 Å². The Morgan fingerprint density at radius 3 is 2.36 bits per heavy atom. The molecule has 2 aromatic carbocycles. The average Bonchev–Trinajstić information content (AvgIpc) is 2.88. The number of amides is 2. The van der Waals surface area contributed by atoms with E-state index in [0.717, 1.165) is 57.3 Å². The lowest BCUT2D eigenvalue weighted by Gasteiger charge is -2.31. The maximum absolute atomic E-state index is 13.6. The number of carbonyl (C=O) groups excluding carboxylic acids is 1. The highest BCUT2D eigenvalue weighted by Crippen LogP contribution is 2.30. The molecule has 36 heavy (non-hydrogen) atoms. The fourth-order valence-corrected chi connectivity index (χ4v) is 4.67. The van der Waals surface area contributed by atoms with Gasteiger partial charge in [0, 0.05) is 12.6 Å². The average molecular weight is 533 g/mol. The molecule has 0 saturated carbocycles. The minimum atomic E-state index is -0.149. The molecule has 0 aliphatic carbocycles. The van der Waals surface area contributed by atoms with Crippen LogP contribution in [-0.2, 0) is 0 Å². The highest BCUT2D eigenvalue weighted by Gasteiger charge is 2.22. The monoisotopic (exact) mass is 531 g/mol. The lowest BCUT2D eigenvalue weighted by atomic mass is 10.0. The molecule has 198 valence electrons. The van der Waals surface area contributed by atoms with E-state index < -0.39 is 0 Å². The lowest BCUT2D eigenvalue weighted by molar-refractivity contribution is 0.190. The Morgan fingerprint density at radius 1 is 0.972 bits per heavy atom. The second kappa shape index (κ2) is 16.7. The van der Waals surface area contributed by atoms with E-state index in [1.807, 2.05) is 11.0 Å². The van der Waals surface area contributed by atoms with Gasteiger partial charge in [0.05, 0.1) is 15.7 Å². The summed E-state index contributed by atoms with van der Waals surface area (Å²) in [5.41, 5.74) is 2.96. The van der Waals surface area contributed by atoms with Crippen molar-refractivity contribution in [2.45, 2.75) is 72.3 Å². The van der Waals surface area contributed by atoms with Crippen LogP contribution in [0.4, 0.5) is 10.5 Å². The van der Waals surface area contributed by atoms with Crippen molar-refractivity contribution in [3.8, 4) is 0 Å². The SMILES string of the molecule is CCCCCC(=Cc1ccccc1)CN(C(=O)Nc1cccc(Cl)c1Cl)C(C)CCCN(CC)CC. The molecule has 6 heteroatoms. The highest BCUT2D eigenvalue weighted by molar-refractivity contribution is 6.43. The number of carbonyl (C=O) groups is 1. The molecule has 0 spiro atoms. The van der Waals surface area contributed by atoms with E-state index in [-0.39, 0.29) is 12.1 Å². The van der Waals surface area contributed by atoms with E-state index in [1.165, 1.54) is 12.0 Å². The van der Waals surface area contributed by atoms with Gasteiger partial charge in [-0.25, -0.2) is 4.79 Å². The van der Waals surface area contributed by atoms with Crippen molar-refractivity contribution in [1.82, 2.24) is 9.80 Å². The summed E-state index contributed by atoms with van der Waals surface area (Å²) in [5, 5.41) is 3.82. The van der Waals surface area contributed by atoms with Crippen molar-refractivity contribution in [1.29, 1.82) is 0 Å². The van der Waals surface area contributed by atoms with Gasteiger partial charge in [-0.2, -0.15) is 0 Å². The number of nitrogens with zero attached hydrogens (tertiary/aromatic N) is 2. The number of unbranched alkanes of at least 4 members (excludes halogenated alkanes) is 2. The van der Waals surface area contributed by atoms with Crippen LogP contribution in [0.25, 0.3) is 6.08 Å². The van der Waals surface area contributed by atoms with E-state index >= 15 is 0 Å². The molecular formula is C30H43Cl2N3O. The van der Waals surface area contributed by atoms with Gasteiger partial charge in [-0.3, -0.25) is 0 Å². The number of nitrogens with one attached hydrogen (secondary N) is 1. The first-order valence-electron chi connectivity index (χ1n) is 13.4. The summed E-state index contributed by atoms with van der Waals surface area (Å²) in [6.07, 6.45) is 8.63. The quantitative estimate of drug-likeness (QED) is 0.232. The van der Waals surface area contributed by atoms with Gasteiger partial charge < -0.3 is 15.1 Å². The Hall–Kier alpha value is -2.01. The fourth-order valence-electron chi connectivity index (χ4n) is 4.32. The van der Waals surface area contributed by atoms with Crippen molar-refractivity contribution >= 4 is 41.0 Å². The molecule has 1 unspecified atom stereocenters. The molecule has 0 aromatic heterocycles. The zero-order chi connectivity index (χ0) is 26.3. The zero-order valence-electron chi connectivity index (χ0n) is 22.4. The van der Waals surface area contributed by atoms with Gasteiger partial charge in [-0.05, 0) is 69.9 Å². The molecule has 1 atom stereocenters. The van der Waals surface area contributed by atoms with Gasteiger partial charge in [-0.15, -0.1) is 0 Å². The second-order valence-electron chi connectivity index (χ2n) is 9.35. The summed E-state index contributed by atoms with van der Waals surface area (Å²) in [6, 6.07) is 15.6. The van der Waals surface area contributed by atoms with E-state index in [9.17, 15) is 4.79 Å². The lowest BCUT2D eigenvalue weighted by Crippen LogP contribution is -2.43. The Morgan fingerprint density at radius 2 is 1.69 bits per heavy atom. The smallest absolute Gasteiger partial charge is 0.318 e. The summed E-state index contributed by atoms with van der Waals surface area (Å²) >= 11 is 12.6. The molecule has 0 heterocycles. The van der Waals surface area contributed by atoms with Crippen LogP contribution >= 0.6 is 23.2 Å². The van der Waals surface area contributed by atoms with Gasteiger partial charge in [0.25, 0.3) is 0 Å². The standard InChI is InChI=1S/C30H43Cl2N3O/c1-5-8-10-18-26(22-25-16-11-9-12-17-25)23-35(24(4)15-14-21-34(6-2)7-3)30(36)33-28-20-13-19-27(31)29(28)32/h9,11-13,16-17,19-20,22,24H,5-8,10,14-15,18,21,23H2,1-4H3,(H,33,36). The highest BCUT2D eigenvalue weighted by atomic mass is 35.5. The van der Waals surface area contributed by atoms with Crippen molar-refractivity contribution < 1.29 is 4.79 Å². The molecule has 0 saturated heterocycles. The molecule has 0 aliphatic heterocycles. The Kier molecular flexibility index (Phi) is 14.0. The van der Waals surface area contributed by atoms with Crippen LogP contribution in [0, 0.1) is 0 Å². The van der Waals surface area contributed by atoms with Gasteiger partial charge in [0.15, 0.2) is 0 Å². The summed E-state index contributed by atoms with van der Waals surface area (Å²) < 4.78 is 0. The van der Waals surface area contributed by atoms with Crippen LogP contribution in [0.2, 0.25) is 10.0 Å². The molecule has 2 amide bonds. The van der Waals surface area contributed by atoms with E-state index in [2.05, 4.69) is 68.3 Å². The summed E-state index contributed by atoms with van der Waals surface area (Å²) in [4.78, 5) is 18.0. The Labute approximate surface area is 228 Å². The maximum atomic E-state index is 13.6. The van der Waals surface area contributed by atoms with E-state index in [4.69, 9.17) is 23.2 Å². The third kappa shape index (κ3) is 10.2. The summed E-state index contributed by atoms with van der Waals surface area (Å²) in [7, 11) is 0. The van der Waals surface area contributed by atoms with Crippen LogP contribution in [0.5, 0.6) is 0 Å². The summed E-state index contributed by atoms with van der Waals surface area (Å²) in [6.45, 7) is 12.5. The Balaban J connectivity index is 2.27.